The second kappa shape index (κ2) is 4.87. The first-order valence-corrected chi connectivity index (χ1v) is 5.63. The molecule has 0 aliphatic rings. The summed E-state index contributed by atoms with van der Waals surface area (Å²) in [7, 11) is 0. The van der Waals surface area contributed by atoms with Gasteiger partial charge in [0.2, 0.25) is 0 Å². The molecule has 18 heavy (non-hydrogen) atoms. The number of pyridine rings is 1. The van der Waals surface area contributed by atoms with Gasteiger partial charge in [0.25, 0.3) is 11.5 Å². The van der Waals surface area contributed by atoms with Crippen molar-refractivity contribution in [2.45, 2.75) is 20.4 Å². The number of nitrogens with one attached hydrogen (secondary N) is 2. The summed E-state index contributed by atoms with van der Waals surface area (Å²) >= 11 is 0. The highest BCUT2D eigenvalue weighted by molar-refractivity contribution is 6.04. The molecule has 94 valence electrons. The van der Waals surface area contributed by atoms with Crippen LogP contribution in [0.5, 0.6) is 0 Å². The smallest absolute Gasteiger partial charge is 0.259 e. The normalized spacial score (nSPS) is 10.3. The highest BCUT2D eigenvalue weighted by atomic mass is 16.1. The fourth-order valence-electron chi connectivity index (χ4n) is 1.63. The van der Waals surface area contributed by atoms with Crippen molar-refractivity contribution in [1.82, 2.24) is 14.8 Å². The predicted molar refractivity (Wildman–Crippen MR) is 67.7 cm³/mol. The Bertz CT molecular complexity index is 627. The van der Waals surface area contributed by atoms with Gasteiger partial charge in [-0.25, -0.2) is 0 Å². The molecule has 0 atom stereocenters. The molecule has 2 rings (SSSR count). The van der Waals surface area contributed by atoms with E-state index in [1.165, 1.54) is 16.8 Å². The number of aromatic nitrogens is 3. The van der Waals surface area contributed by atoms with E-state index in [2.05, 4.69) is 15.5 Å². The Hall–Kier alpha value is -2.37. The van der Waals surface area contributed by atoms with Crippen LogP contribution in [0.15, 0.2) is 29.3 Å². The lowest BCUT2D eigenvalue weighted by atomic mass is 10.2. The minimum Gasteiger partial charge on any atom is -0.321 e. The summed E-state index contributed by atoms with van der Waals surface area (Å²) in [6.45, 7) is 4.20. The van der Waals surface area contributed by atoms with Gasteiger partial charge in [-0.05, 0) is 19.9 Å². The van der Waals surface area contributed by atoms with Crippen molar-refractivity contribution in [2.24, 2.45) is 0 Å². The number of hydrogen-bond acceptors (Lipinski definition) is 3. The van der Waals surface area contributed by atoms with Crippen LogP contribution in [0.2, 0.25) is 0 Å². The molecule has 0 aromatic carbocycles. The molecule has 6 heteroatoms. The fourth-order valence-corrected chi connectivity index (χ4v) is 1.63. The molecule has 0 saturated heterocycles. The van der Waals surface area contributed by atoms with Crippen molar-refractivity contribution in [3.05, 3.63) is 46.1 Å². The predicted octanol–water partition coefficient (Wildman–Crippen LogP) is 1.15. The molecule has 0 bridgehead atoms. The maximum Gasteiger partial charge on any atom is 0.259 e. The largest absolute Gasteiger partial charge is 0.321 e. The minimum absolute atomic E-state index is 0.0880. The van der Waals surface area contributed by atoms with E-state index in [0.29, 0.717) is 23.5 Å². The molecule has 0 unspecified atom stereocenters. The van der Waals surface area contributed by atoms with Gasteiger partial charge >= 0.3 is 0 Å². The number of aromatic amines is 1. The molecule has 2 aromatic rings. The zero-order valence-corrected chi connectivity index (χ0v) is 10.2. The lowest BCUT2D eigenvalue weighted by Crippen LogP contribution is -2.19. The molecular weight excluding hydrogens is 232 g/mol. The summed E-state index contributed by atoms with van der Waals surface area (Å²) in [5, 5.41) is 9.22. The molecule has 2 heterocycles. The Morgan fingerprint density at radius 3 is 2.89 bits per heavy atom. The molecule has 1 amide bonds. The Balaban J connectivity index is 2.22. The zero-order chi connectivity index (χ0) is 13.1. The average Bonchev–Trinajstić information content (AvgIpc) is 2.78. The molecule has 0 radical (unpaired) electrons. The van der Waals surface area contributed by atoms with Crippen molar-refractivity contribution in [3.63, 3.8) is 0 Å². The van der Waals surface area contributed by atoms with Gasteiger partial charge in [0.1, 0.15) is 0 Å². The van der Waals surface area contributed by atoms with E-state index in [4.69, 9.17) is 0 Å². The third-order valence-corrected chi connectivity index (χ3v) is 2.66. The monoisotopic (exact) mass is 246 g/mol. The summed E-state index contributed by atoms with van der Waals surface area (Å²) in [6.07, 6.45) is 3.09. The van der Waals surface area contributed by atoms with Gasteiger partial charge in [0, 0.05) is 24.5 Å². The maximum absolute atomic E-state index is 11.9. The maximum atomic E-state index is 11.9. The summed E-state index contributed by atoms with van der Waals surface area (Å²) in [5.74, 6) is -0.248. The number of carbonyl (C=O) groups excluding carboxylic acids is 1. The van der Waals surface area contributed by atoms with E-state index in [1.54, 1.807) is 19.2 Å². The standard InChI is InChI=1S/C12H14N4O2/c1-3-16-7-9(4-5-11(16)17)14-12(18)10-6-13-15-8(10)2/h4-7H,3H2,1-2H3,(H,13,15)(H,14,18). The van der Waals surface area contributed by atoms with Gasteiger partial charge in [-0.1, -0.05) is 0 Å². The molecule has 0 fully saturated rings. The average molecular weight is 246 g/mol. The minimum atomic E-state index is -0.248. The van der Waals surface area contributed by atoms with Gasteiger partial charge < -0.3 is 9.88 Å². The van der Waals surface area contributed by atoms with Crippen LogP contribution in [0.4, 0.5) is 5.69 Å². The van der Waals surface area contributed by atoms with Crippen molar-refractivity contribution in [2.75, 3.05) is 5.32 Å². The molecule has 2 aromatic heterocycles. The highest BCUT2D eigenvalue weighted by Gasteiger charge is 2.11. The first-order valence-electron chi connectivity index (χ1n) is 5.63. The highest BCUT2D eigenvalue weighted by Crippen LogP contribution is 2.08. The van der Waals surface area contributed by atoms with Crippen molar-refractivity contribution in [1.29, 1.82) is 0 Å². The molecule has 6 nitrogen and oxygen atoms in total. The molecule has 0 aliphatic carbocycles. The summed E-state index contributed by atoms with van der Waals surface area (Å²) < 4.78 is 1.53. The zero-order valence-electron chi connectivity index (χ0n) is 10.2. The summed E-state index contributed by atoms with van der Waals surface area (Å²) in [4.78, 5) is 23.3. The van der Waals surface area contributed by atoms with Gasteiger partial charge in [-0.2, -0.15) is 5.10 Å². The Morgan fingerprint density at radius 2 is 2.28 bits per heavy atom. The number of hydrogen-bond donors (Lipinski definition) is 2. The van der Waals surface area contributed by atoms with Crippen LogP contribution in [0.25, 0.3) is 0 Å². The van der Waals surface area contributed by atoms with E-state index >= 15 is 0 Å². The Labute approximate surface area is 104 Å². The van der Waals surface area contributed by atoms with E-state index in [9.17, 15) is 9.59 Å². The second-order valence-electron chi connectivity index (χ2n) is 3.90. The van der Waals surface area contributed by atoms with Crippen molar-refractivity contribution >= 4 is 11.6 Å². The van der Waals surface area contributed by atoms with Crippen LogP contribution in [0, 0.1) is 6.92 Å². The first-order chi connectivity index (χ1) is 8.61. The van der Waals surface area contributed by atoms with Gasteiger partial charge in [-0.3, -0.25) is 14.7 Å². The van der Waals surface area contributed by atoms with Crippen LogP contribution < -0.4 is 10.9 Å². The Morgan fingerprint density at radius 1 is 1.50 bits per heavy atom. The second-order valence-corrected chi connectivity index (χ2v) is 3.90. The van der Waals surface area contributed by atoms with E-state index < -0.39 is 0 Å². The number of rotatable bonds is 3. The number of amides is 1. The van der Waals surface area contributed by atoms with Crippen LogP contribution in [0.3, 0.4) is 0 Å². The summed E-state index contributed by atoms with van der Waals surface area (Å²) in [6, 6.07) is 3.02. The van der Waals surface area contributed by atoms with E-state index in [-0.39, 0.29) is 11.5 Å². The molecule has 0 spiro atoms. The van der Waals surface area contributed by atoms with E-state index in [1.807, 2.05) is 6.92 Å². The van der Waals surface area contributed by atoms with Crippen molar-refractivity contribution in [3.8, 4) is 0 Å². The van der Waals surface area contributed by atoms with Crippen molar-refractivity contribution < 1.29 is 4.79 Å². The van der Waals surface area contributed by atoms with Crippen LogP contribution in [0.1, 0.15) is 23.0 Å². The number of aryl methyl sites for hydroxylation is 2. The number of carbonyl (C=O) groups is 1. The first kappa shape index (κ1) is 12.1. The third kappa shape index (κ3) is 2.32. The third-order valence-electron chi connectivity index (χ3n) is 2.66. The van der Waals surface area contributed by atoms with Crippen LogP contribution in [-0.2, 0) is 6.54 Å². The number of H-pyrrole nitrogens is 1. The Kier molecular flexibility index (Phi) is 3.27. The topological polar surface area (TPSA) is 79.8 Å². The lowest BCUT2D eigenvalue weighted by molar-refractivity contribution is 0.102. The molecule has 0 aliphatic heterocycles. The van der Waals surface area contributed by atoms with Gasteiger partial charge in [-0.15, -0.1) is 0 Å². The van der Waals surface area contributed by atoms with Gasteiger partial charge in [0.15, 0.2) is 0 Å². The molecule has 2 N–H and O–H groups in total. The number of nitrogens with zero attached hydrogens (tertiary/aromatic N) is 2. The van der Waals surface area contributed by atoms with Crippen LogP contribution >= 0.6 is 0 Å². The van der Waals surface area contributed by atoms with E-state index in [0.717, 1.165) is 0 Å². The molecular formula is C12H14N4O2. The SMILES string of the molecule is CCn1cc(NC(=O)c2cn[nH]c2C)ccc1=O. The quantitative estimate of drug-likeness (QED) is 0.852. The molecule has 0 saturated carbocycles. The summed E-state index contributed by atoms with van der Waals surface area (Å²) in [5.41, 5.74) is 1.69. The fraction of sp³-hybridized carbons (Fsp3) is 0.250. The number of anilines is 1. The van der Waals surface area contributed by atoms with Crippen LogP contribution in [-0.4, -0.2) is 20.7 Å². The van der Waals surface area contributed by atoms with Gasteiger partial charge in [0.05, 0.1) is 17.4 Å². The lowest BCUT2D eigenvalue weighted by Gasteiger charge is -2.07.